The molecule has 3 aromatic rings. The SMILES string of the molecule is COc1ccc(/C(C#N)=C/c2ccc(OCc3ccc(C)cc3)c(Br)c2)cc1OC. The molecule has 0 amide bonds. The Morgan fingerprint density at radius 1 is 0.933 bits per heavy atom. The van der Waals surface area contributed by atoms with Crippen molar-refractivity contribution in [1.29, 1.82) is 5.26 Å². The van der Waals surface area contributed by atoms with Crippen LogP contribution in [0.3, 0.4) is 0 Å². The molecule has 3 aromatic carbocycles. The van der Waals surface area contributed by atoms with Crippen LogP contribution in [0.2, 0.25) is 0 Å². The van der Waals surface area contributed by atoms with E-state index < -0.39 is 0 Å². The van der Waals surface area contributed by atoms with Crippen LogP contribution in [0.15, 0.2) is 65.1 Å². The van der Waals surface area contributed by atoms with E-state index in [-0.39, 0.29) is 0 Å². The third kappa shape index (κ3) is 5.22. The zero-order valence-electron chi connectivity index (χ0n) is 17.1. The maximum absolute atomic E-state index is 9.66. The minimum atomic E-state index is 0.489. The molecule has 0 atom stereocenters. The Morgan fingerprint density at radius 3 is 2.27 bits per heavy atom. The van der Waals surface area contributed by atoms with Gasteiger partial charge in [-0.25, -0.2) is 0 Å². The summed E-state index contributed by atoms with van der Waals surface area (Å²) in [6.45, 7) is 2.55. The summed E-state index contributed by atoms with van der Waals surface area (Å²) in [7, 11) is 3.16. The van der Waals surface area contributed by atoms with Crippen molar-refractivity contribution >= 4 is 27.6 Å². The first kappa shape index (κ1) is 21.5. The van der Waals surface area contributed by atoms with Crippen LogP contribution in [-0.4, -0.2) is 14.2 Å². The normalized spacial score (nSPS) is 11.0. The minimum Gasteiger partial charge on any atom is -0.493 e. The first-order chi connectivity index (χ1) is 14.5. The average molecular weight is 464 g/mol. The van der Waals surface area contributed by atoms with E-state index in [2.05, 4.69) is 53.2 Å². The summed E-state index contributed by atoms with van der Waals surface area (Å²) in [6, 6.07) is 21.7. The number of benzene rings is 3. The van der Waals surface area contributed by atoms with E-state index in [4.69, 9.17) is 14.2 Å². The van der Waals surface area contributed by atoms with Gasteiger partial charge in [0.25, 0.3) is 0 Å². The van der Waals surface area contributed by atoms with Crippen molar-refractivity contribution in [3.05, 3.63) is 87.4 Å². The van der Waals surface area contributed by atoms with Crippen LogP contribution < -0.4 is 14.2 Å². The second-order valence-electron chi connectivity index (χ2n) is 6.70. The number of allylic oxidation sites excluding steroid dienone is 1. The molecule has 0 spiro atoms. The summed E-state index contributed by atoms with van der Waals surface area (Å²) >= 11 is 3.57. The van der Waals surface area contributed by atoms with Gasteiger partial charge in [-0.15, -0.1) is 0 Å². The molecule has 3 rings (SSSR count). The lowest BCUT2D eigenvalue weighted by molar-refractivity contribution is 0.304. The summed E-state index contributed by atoms with van der Waals surface area (Å²) in [5.41, 5.74) is 4.49. The fourth-order valence-corrected chi connectivity index (χ4v) is 3.43. The molecule has 0 unspecified atom stereocenters. The second kappa shape index (κ2) is 10.00. The van der Waals surface area contributed by atoms with E-state index in [1.165, 1.54) is 5.56 Å². The molecule has 4 nitrogen and oxygen atoms in total. The van der Waals surface area contributed by atoms with Gasteiger partial charge in [-0.3, -0.25) is 0 Å². The van der Waals surface area contributed by atoms with E-state index in [9.17, 15) is 5.26 Å². The number of nitriles is 1. The van der Waals surface area contributed by atoms with Crippen molar-refractivity contribution in [3.8, 4) is 23.3 Å². The number of methoxy groups -OCH3 is 2. The van der Waals surface area contributed by atoms with Crippen molar-refractivity contribution in [2.45, 2.75) is 13.5 Å². The quantitative estimate of drug-likeness (QED) is 0.299. The number of aryl methyl sites for hydroxylation is 1. The standard InChI is InChI=1S/C25H22BrNO3/c1-17-4-6-18(7-5-17)16-30-23-10-8-19(13-22(23)26)12-21(15-27)20-9-11-24(28-2)25(14-20)29-3/h4-14H,16H2,1-3H3/b21-12+. The smallest absolute Gasteiger partial charge is 0.161 e. The topological polar surface area (TPSA) is 51.5 Å². The monoisotopic (exact) mass is 463 g/mol. The van der Waals surface area contributed by atoms with Crippen LogP contribution in [0.1, 0.15) is 22.3 Å². The lowest BCUT2D eigenvalue weighted by Crippen LogP contribution is -1.96. The van der Waals surface area contributed by atoms with Gasteiger partial charge >= 0.3 is 0 Å². The van der Waals surface area contributed by atoms with Crippen LogP contribution in [0.25, 0.3) is 11.6 Å². The van der Waals surface area contributed by atoms with Crippen molar-refractivity contribution in [2.75, 3.05) is 14.2 Å². The Hall–Kier alpha value is -3.23. The van der Waals surface area contributed by atoms with Gasteiger partial charge in [-0.1, -0.05) is 35.9 Å². The number of hydrogen-bond acceptors (Lipinski definition) is 4. The third-order valence-electron chi connectivity index (χ3n) is 4.60. The van der Waals surface area contributed by atoms with Crippen LogP contribution >= 0.6 is 15.9 Å². The first-order valence-corrected chi connectivity index (χ1v) is 10.2. The molecule has 0 saturated carbocycles. The van der Waals surface area contributed by atoms with Gasteiger partial charge in [0.05, 0.1) is 30.3 Å². The maximum atomic E-state index is 9.66. The Balaban J connectivity index is 1.80. The molecule has 0 N–H and O–H groups in total. The molecule has 152 valence electrons. The lowest BCUT2D eigenvalue weighted by atomic mass is 10.0. The Labute approximate surface area is 185 Å². The molecular formula is C25H22BrNO3. The summed E-state index contributed by atoms with van der Waals surface area (Å²) < 4.78 is 17.4. The highest BCUT2D eigenvalue weighted by Gasteiger charge is 2.09. The van der Waals surface area contributed by atoms with Crippen molar-refractivity contribution in [2.24, 2.45) is 0 Å². The van der Waals surface area contributed by atoms with Gasteiger partial charge in [0.2, 0.25) is 0 Å². The van der Waals surface area contributed by atoms with E-state index in [0.29, 0.717) is 23.7 Å². The molecule has 0 aliphatic heterocycles. The molecule has 0 saturated heterocycles. The molecule has 0 heterocycles. The number of nitrogens with zero attached hydrogens (tertiary/aromatic N) is 1. The van der Waals surface area contributed by atoms with E-state index in [0.717, 1.165) is 26.9 Å². The molecular weight excluding hydrogens is 442 g/mol. The second-order valence-corrected chi connectivity index (χ2v) is 7.56. The van der Waals surface area contributed by atoms with E-state index >= 15 is 0 Å². The molecule has 30 heavy (non-hydrogen) atoms. The Kier molecular flexibility index (Phi) is 7.16. The highest BCUT2D eigenvalue weighted by Crippen LogP contribution is 2.32. The summed E-state index contributed by atoms with van der Waals surface area (Å²) in [4.78, 5) is 0. The Bertz CT molecular complexity index is 1100. The third-order valence-corrected chi connectivity index (χ3v) is 5.22. The van der Waals surface area contributed by atoms with Gasteiger partial charge in [0.15, 0.2) is 11.5 Å². The summed E-state index contributed by atoms with van der Waals surface area (Å²) in [5.74, 6) is 1.95. The predicted molar refractivity (Wildman–Crippen MR) is 123 cm³/mol. The van der Waals surface area contributed by atoms with E-state index in [1.54, 1.807) is 26.4 Å². The summed E-state index contributed by atoms with van der Waals surface area (Å²) in [5, 5.41) is 9.66. The Morgan fingerprint density at radius 2 is 1.63 bits per heavy atom. The van der Waals surface area contributed by atoms with Crippen LogP contribution in [0, 0.1) is 18.3 Å². The fourth-order valence-electron chi connectivity index (χ4n) is 2.92. The zero-order valence-corrected chi connectivity index (χ0v) is 18.7. The van der Waals surface area contributed by atoms with Gasteiger partial charge < -0.3 is 14.2 Å². The minimum absolute atomic E-state index is 0.489. The number of ether oxygens (including phenoxy) is 3. The fraction of sp³-hybridized carbons (Fsp3) is 0.160. The van der Waals surface area contributed by atoms with Crippen LogP contribution in [-0.2, 0) is 6.61 Å². The molecule has 0 aromatic heterocycles. The van der Waals surface area contributed by atoms with Gasteiger partial charge in [-0.2, -0.15) is 5.26 Å². The van der Waals surface area contributed by atoms with Gasteiger partial charge in [0.1, 0.15) is 12.4 Å². The molecule has 0 radical (unpaired) electrons. The number of halogens is 1. The lowest BCUT2D eigenvalue weighted by Gasteiger charge is -2.10. The average Bonchev–Trinajstić information content (AvgIpc) is 2.77. The predicted octanol–water partition coefficient (Wildman–Crippen LogP) is 6.42. The number of rotatable bonds is 7. The van der Waals surface area contributed by atoms with Crippen molar-refractivity contribution in [1.82, 2.24) is 0 Å². The van der Waals surface area contributed by atoms with Crippen molar-refractivity contribution < 1.29 is 14.2 Å². The van der Waals surface area contributed by atoms with E-state index in [1.807, 2.05) is 30.3 Å². The zero-order chi connectivity index (χ0) is 21.5. The highest BCUT2D eigenvalue weighted by molar-refractivity contribution is 9.10. The maximum Gasteiger partial charge on any atom is 0.161 e. The largest absolute Gasteiger partial charge is 0.493 e. The van der Waals surface area contributed by atoms with Crippen LogP contribution in [0.4, 0.5) is 0 Å². The van der Waals surface area contributed by atoms with Gasteiger partial charge in [-0.05, 0) is 76.0 Å². The first-order valence-electron chi connectivity index (χ1n) is 9.36. The summed E-state index contributed by atoms with van der Waals surface area (Å²) in [6.07, 6.45) is 1.83. The molecule has 0 aliphatic carbocycles. The molecule has 0 aliphatic rings. The van der Waals surface area contributed by atoms with Gasteiger partial charge in [0, 0.05) is 0 Å². The highest BCUT2D eigenvalue weighted by atomic mass is 79.9. The van der Waals surface area contributed by atoms with Crippen LogP contribution in [0.5, 0.6) is 17.2 Å². The molecule has 0 fully saturated rings. The molecule has 5 heteroatoms. The van der Waals surface area contributed by atoms with Crippen molar-refractivity contribution in [3.63, 3.8) is 0 Å². The number of hydrogen-bond donors (Lipinski definition) is 0. The molecule has 0 bridgehead atoms.